The van der Waals surface area contributed by atoms with E-state index in [4.69, 9.17) is 11.6 Å². The van der Waals surface area contributed by atoms with Gasteiger partial charge in [0.15, 0.2) is 0 Å². The molecule has 1 amide bonds. The van der Waals surface area contributed by atoms with Crippen LogP contribution in [0.15, 0.2) is 48.5 Å². The number of nitrogens with zero attached hydrogens (tertiary/aromatic N) is 1. The van der Waals surface area contributed by atoms with E-state index in [2.05, 4.69) is 15.0 Å². The summed E-state index contributed by atoms with van der Waals surface area (Å²) in [4.78, 5) is 14.8. The number of nitrogens with one attached hydrogen (secondary N) is 1. The van der Waals surface area contributed by atoms with Crippen LogP contribution in [-0.4, -0.2) is 37.1 Å². The lowest BCUT2D eigenvalue weighted by Gasteiger charge is -2.29. The number of likely N-dealkylation sites (tertiary alicyclic amines) is 1. The van der Waals surface area contributed by atoms with Crippen molar-refractivity contribution >= 4 is 17.5 Å². The lowest BCUT2D eigenvalue weighted by molar-refractivity contribution is -0.0498. The van der Waals surface area contributed by atoms with Gasteiger partial charge in [-0.05, 0) is 61.8 Å². The Bertz CT molecular complexity index is 765. The summed E-state index contributed by atoms with van der Waals surface area (Å²) in [5, 5.41) is 3.61. The molecule has 3 rings (SSSR count). The molecule has 1 aliphatic rings. The lowest BCUT2D eigenvalue weighted by Crippen LogP contribution is -2.37. The fourth-order valence-corrected chi connectivity index (χ4v) is 3.58. The van der Waals surface area contributed by atoms with Crippen LogP contribution in [0, 0.1) is 0 Å². The zero-order valence-electron chi connectivity index (χ0n) is 14.7. The first kappa shape index (κ1) is 19.6. The molecule has 0 spiro atoms. The summed E-state index contributed by atoms with van der Waals surface area (Å²) in [5.74, 6) is -0.248. The molecule has 7 heteroatoms. The molecule has 1 aliphatic heterocycles. The molecule has 0 radical (unpaired) electrons. The molecule has 1 N–H and O–H groups in total. The van der Waals surface area contributed by atoms with Gasteiger partial charge >= 0.3 is 6.61 Å². The maximum Gasteiger partial charge on any atom is 0.387 e. The highest BCUT2D eigenvalue weighted by Crippen LogP contribution is 2.29. The van der Waals surface area contributed by atoms with Crippen LogP contribution in [0.2, 0.25) is 5.02 Å². The highest BCUT2D eigenvalue weighted by molar-refractivity contribution is 6.31. The molecule has 0 bridgehead atoms. The summed E-state index contributed by atoms with van der Waals surface area (Å²) in [6.45, 7) is -0.546. The van der Waals surface area contributed by atoms with Gasteiger partial charge in [-0.2, -0.15) is 8.78 Å². The Balaban J connectivity index is 1.68. The van der Waals surface area contributed by atoms with Gasteiger partial charge in [0.05, 0.1) is 6.04 Å². The van der Waals surface area contributed by atoms with E-state index in [0.717, 1.165) is 31.5 Å². The van der Waals surface area contributed by atoms with Crippen molar-refractivity contribution in [2.24, 2.45) is 0 Å². The smallest absolute Gasteiger partial charge is 0.387 e. The van der Waals surface area contributed by atoms with Crippen LogP contribution in [0.1, 0.15) is 34.8 Å². The van der Waals surface area contributed by atoms with Gasteiger partial charge in [0.1, 0.15) is 5.75 Å². The first-order valence-corrected chi connectivity index (χ1v) is 9.24. The second kappa shape index (κ2) is 9.15. The zero-order chi connectivity index (χ0) is 19.2. The van der Waals surface area contributed by atoms with Gasteiger partial charge in [0, 0.05) is 17.1 Å². The number of ether oxygens (including phenoxy) is 1. The molecule has 144 valence electrons. The molecule has 1 atom stereocenters. The van der Waals surface area contributed by atoms with Gasteiger partial charge in [0.25, 0.3) is 5.91 Å². The SMILES string of the molecule is O=C(NCC(c1ccccc1Cl)N1CCCC1)c1ccc(OC(F)F)cc1. The van der Waals surface area contributed by atoms with Crippen molar-refractivity contribution in [1.82, 2.24) is 10.2 Å². The summed E-state index contributed by atoms with van der Waals surface area (Å²) in [6.07, 6.45) is 2.25. The van der Waals surface area contributed by atoms with Crippen molar-refractivity contribution in [1.29, 1.82) is 0 Å². The quantitative estimate of drug-likeness (QED) is 0.751. The number of carbonyl (C=O) groups excluding carboxylic acids is 1. The molecule has 1 saturated heterocycles. The third-order valence-electron chi connectivity index (χ3n) is 4.64. The van der Waals surface area contributed by atoms with Crippen LogP contribution < -0.4 is 10.1 Å². The van der Waals surface area contributed by atoms with Crippen LogP contribution in [0.25, 0.3) is 0 Å². The summed E-state index contributed by atoms with van der Waals surface area (Å²) in [6, 6.07) is 13.3. The Hall–Kier alpha value is -2.18. The van der Waals surface area contributed by atoms with Crippen LogP contribution in [-0.2, 0) is 0 Å². The minimum Gasteiger partial charge on any atom is -0.435 e. The van der Waals surface area contributed by atoms with Gasteiger partial charge in [-0.1, -0.05) is 29.8 Å². The van der Waals surface area contributed by atoms with Crippen molar-refractivity contribution in [2.75, 3.05) is 19.6 Å². The number of alkyl halides is 2. The average Bonchev–Trinajstić information content (AvgIpc) is 3.18. The fraction of sp³-hybridized carbons (Fsp3) is 0.350. The maximum atomic E-state index is 12.5. The average molecular weight is 395 g/mol. The Labute approximate surface area is 162 Å². The van der Waals surface area contributed by atoms with Gasteiger partial charge < -0.3 is 10.1 Å². The molecule has 0 aliphatic carbocycles. The van der Waals surface area contributed by atoms with E-state index in [-0.39, 0.29) is 17.7 Å². The molecular weight excluding hydrogens is 374 g/mol. The zero-order valence-corrected chi connectivity index (χ0v) is 15.5. The van der Waals surface area contributed by atoms with Crippen LogP contribution in [0.5, 0.6) is 5.75 Å². The normalized spacial score (nSPS) is 15.7. The molecule has 1 fully saturated rings. The summed E-state index contributed by atoms with van der Waals surface area (Å²) in [7, 11) is 0. The monoisotopic (exact) mass is 394 g/mol. The van der Waals surface area contributed by atoms with E-state index in [1.165, 1.54) is 24.3 Å². The minimum absolute atomic E-state index is 0.00779. The third-order valence-corrected chi connectivity index (χ3v) is 4.99. The Morgan fingerprint density at radius 2 is 1.78 bits per heavy atom. The minimum atomic E-state index is -2.89. The number of rotatable bonds is 7. The largest absolute Gasteiger partial charge is 0.435 e. The van der Waals surface area contributed by atoms with Gasteiger partial charge in [-0.3, -0.25) is 9.69 Å². The first-order valence-electron chi connectivity index (χ1n) is 8.86. The number of benzene rings is 2. The Morgan fingerprint density at radius 3 is 2.41 bits per heavy atom. The Morgan fingerprint density at radius 1 is 1.11 bits per heavy atom. The number of hydrogen-bond acceptors (Lipinski definition) is 3. The predicted octanol–water partition coefficient (Wildman–Crippen LogP) is 4.51. The number of amides is 1. The molecule has 27 heavy (non-hydrogen) atoms. The van der Waals surface area contributed by atoms with Gasteiger partial charge in [-0.25, -0.2) is 0 Å². The number of hydrogen-bond donors (Lipinski definition) is 1. The molecule has 2 aromatic carbocycles. The van der Waals surface area contributed by atoms with Gasteiger partial charge in [0.2, 0.25) is 0 Å². The fourth-order valence-electron chi connectivity index (χ4n) is 3.31. The lowest BCUT2D eigenvalue weighted by atomic mass is 10.0. The summed E-state index contributed by atoms with van der Waals surface area (Å²) < 4.78 is 28.7. The van der Waals surface area contributed by atoms with Gasteiger partial charge in [-0.15, -0.1) is 0 Å². The maximum absolute atomic E-state index is 12.5. The van der Waals surface area contributed by atoms with Crippen molar-refractivity contribution in [3.63, 3.8) is 0 Å². The third kappa shape index (κ3) is 5.17. The van der Waals surface area contributed by atoms with E-state index in [9.17, 15) is 13.6 Å². The molecule has 4 nitrogen and oxygen atoms in total. The molecule has 0 aromatic heterocycles. The van der Waals surface area contributed by atoms with Crippen molar-refractivity contribution in [3.8, 4) is 5.75 Å². The number of halogens is 3. The highest BCUT2D eigenvalue weighted by atomic mass is 35.5. The Kier molecular flexibility index (Phi) is 6.63. The summed E-state index contributed by atoms with van der Waals surface area (Å²) in [5.41, 5.74) is 1.37. The van der Waals surface area contributed by atoms with E-state index < -0.39 is 6.61 Å². The van der Waals surface area contributed by atoms with E-state index in [1.54, 1.807) is 0 Å². The second-order valence-corrected chi connectivity index (χ2v) is 6.80. The molecular formula is C20H21ClF2N2O2. The first-order chi connectivity index (χ1) is 13.0. The van der Waals surface area contributed by atoms with E-state index >= 15 is 0 Å². The highest BCUT2D eigenvalue weighted by Gasteiger charge is 2.25. The van der Waals surface area contributed by atoms with Crippen molar-refractivity contribution in [2.45, 2.75) is 25.5 Å². The topological polar surface area (TPSA) is 41.6 Å². The molecule has 2 aromatic rings. The molecule has 0 saturated carbocycles. The molecule has 1 heterocycles. The van der Waals surface area contributed by atoms with Crippen LogP contribution >= 0.6 is 11.6 Å². The van der Waals surface area contributed by atoms with E-state index in [0.29, 0.717) is 17.1 Å². The second-order valence-electron chi connectivity index (χ2n) is 6.39. The van der Waals surface area contributed by atoms with Crippen LogP contribution in [0.3, 0.4) is 0 Å². The predicted molar refractivity (Wildman–Crippen MR) is 100 cm³/mol. The molecule has 1 unspecified atom stereocenters. The van der Waals surface area contributed by atoms with Crippen molar-refractivity contribution in [3.05, 3.63) is 64.7 Å². The van der Waals surface area contributed by atoms with Crippen LogP contribution in [0.4, 0.5) is 8.78 Å². The van der Waals surface area contributed by atoms with E-state index in [1.807, 2.05) is 24.3 Å². The standard InChI is InChI=1S/C20H21ClF2N2O2/c21-17-6-2-1-5-16(17)18(25-11-3-4-12-25)13-24-19(26)14-7-9-15(10-8-14)27-20(22)23/h1-2,5-10,18,20H,3-4,11-13H2,(H,24,26). The van der Waals surface area contributed by atoms with Crippen molar-refractivity contribution < 1.29 is 18.3 Å². The summed E-state index contributed by atoms with van der Waals surface area (Å²) >= 11 is 6.37. The number of carbonyl (C=O) groups is 1.